The Bertz CT molecular complexity index is 806. The Morgan fingerprint density at radius 3 is 2.52 bits per heavy atom. The summed E-state index contributed by atoms with van der Waals surface area (Å²) in [4.78, 5) is 40.8. The zero-order chi connectivity index (χ0) is 17.4. The highest BCUT2D eigenvalue weighted by Gasteiger charge is 2.30. The van der Waals surface area contributed by atoms with Gasteiger partial charge in [0.05, 0.1) is 0 Å². The van der Waals surface area contributed by atoms with Crippen molar-refractivity contribution in [2.75, 3.05) is 31.1 Å². The van der Waals surface area contributed by atoms with E-state index >= 15 is 0 Å². The molecule has 7 heteroatoms. The number of anilines is 1. The summed E-state index contributed by atoms with van der Waals surface area (Å²) in [5, 5.41) is 0. The number of H-pyrrole nitrogens is 1. The summed E-state index contributed by atoms with van der Waals surface area (Å²) in [5.41, 5.74) is 3.04. The maximum atomic E-state index is 12.9. The number of piperazine rings is 1. The van der Waals surface area contributed by atoms with Crippen molar-refractivity contribution in [1.82, 2.24) is 19.9 Å². The molecule has 1 aliphatic heterocycles. The van der Waals surface area contributed by atoms with Gasteiger partial charge in [0, 0.05) is 56.3 Å². The van der Waals surface area contributed by atoms with Crippen molar-refractivity contribution < 1.29 is 9.59 Å². The Morgan fingerprint density at radius 2 is 1.84 bits per heavy atom. The van der Waals surface area contributed by atoms with Crippen LogP contribution in [0, 0.1) is 6.92 Å². The van der Waals surface area contributed by atoms with Gasteiger partial charge in [0.15, 0.2) is 5.78 Å². The molecule has 2 aromatic rings. The minimum absolute atomic E-state index is 0.0201. The first-order valence-electron chi connectivity index (χ1n) is 8.71. The van der Waals surface area contributed by atoms with Crippen LogP contribution in [-0.4, -0.2) is 57.7 Å². The van der Waals surface area contributed by atoms with Crippen LogP contribution < -0.4 is 4.90 Å². The highest BCUT2D eigenvalue weighted by Crippen LogP contribution is 2.27. The fraction of sp³-hybridized carbons (Fsp3) is 0.444. The quantitative estimate of drug-likeness (QED) is 0.898. The van der Waals surface area contributed by atoms with Crippen LogP contribution in [-0.2, 0) is 6.42 Å². The summed E-state index contributed by atoms with van der Waals surface area (Å²) >= 11 is 0. The number of fused-ring (bicyclic) bond motifs is 1. The molecule has 0 radical (unpaired) electrons. The molecule has 0 saturated carbocycles. The number of carbonyl (C=O) groups is 2. The number of aromatic amines is 1. The fourth-order valence-electron chi connectivity index (χ4n) is 3.71. The lowest BCUT2D eigenvalue weighted by atomic mass is 9.93. The van der Waals surface area contributed by atoms with Gasteiger partial charge >= 0.3 is 0 Å². The van der Waals surface area contributed by atoms with Gasteiger partial charge in [0.25, 0.3) is 5.91 Å². The third-order valence-corrected chi connectivity index (χ3v) is 5.05. The van der Waals surface area contributed by atoms with Gasteiger partial charge in [-0.15, -0.1) is 0 Å². The fourth-order valence-corrected chi connectivity index (χ4v) is 3.71. The minimum atomic E-state index is -0.0201. The molecule has 0 aromatic carbocycles. The number of hydrogen-bond donors (Lipinski definition) is 1. The number of hydrogen-bond acceptors (Lipinski definition) is 5. The van der Waals surface area contributed by atoms with Crippen molar-refractivity contribution in [2.45, 2.75) is 26.2 Å². The lowest BCUT2D eigenvalue weighted by Crippen LogP contribution is -2.49. The summed E-state index contributed by atoms with van der Waals surface area (Å²) < 4.78 is 0. The zero-order valence-corrected chi connectivity index (χ0v) is 14.3. The maximum Gasteiger partial charge on any atom is 0.270 e. The SMILES string of the molecule is Cc1c(C(=O)N2CCN(c3ncccn3)CC2)[nH]c2c1C(=O)CCC2. The van der Waals surface area contributed by atoms with Crippen LogP contribution >= 0.6 is 0 Å². The number of ketones is 1. The van der Waals surface area contributed by atoms with E-state index in [9.17, 15) is 9.59 Å². The predicted molar refractivity (Wildman–Crippen MR) is 92.9 cm³/mol. The molecule has 0 spiro atoms. The van der Waals surface area contributed by atoms with Crippen LogP contribution in [0.3, 0.4) is 0 Å². The molecule has 1 N–H and O–H groups in total. The van der Waals surface area contributed by atoms with Crippen LogP contribution in [0.5, 0.6) is 0 Å². The first-order valence-corrected chi connectivity index (χ1v) is 8.71. The second-order valence-electron chi connectivity index (χ2n) is 6.58. The average molecular weight is 339 g/mol. The monoisotopic (exact) mass is 339 g/mol. The Hall–Kier alpha value is -2.70. The largest absolute Gasteiger partial charge is 0.354 e. The lowest BCUT2D eigenvalue weighted by Gasteiger charge is -2.34. The van der Waals surface area contributed by atoms with Crippen LogP contribution in [0.2, 0.25) is 0 Å². The van der Waals surface area contributed by atoms with Crippen LogP contribution in [0.1, 0.15) is 44.9 Å². The van der Waals surface area contributed by atoms with E-state index in [1.165, 1.54) is 0 Å². The van der Waals surface area contributed by atoms with E-state index in [1.54, 1.807) is 18.5 Å². The number of nitrogens with zero attached hydrogens (tertiary/aromatic N) is 4. The van der Waals surface area contributed by atoms with Gasteiger partial charge in [-0.25, -0.2) is 9.97 Å². The van der Waals surface area contributed by atoms with Crippen molar-refractivity contribution in [3.8, 4) is 0 Å². The Balaban J connectivity index is 1.49. The third-order valence-electron chi connectivity index (χ3n) is 5.05. The second-order valence-corrected chi connectivity index (χ2v) is 6.58. The number of rotatable bonds is 2. The predicted octanol–water partition coefficient (Wildman–Crippen LogP) is 1.59. The van der Waals surface area contributed by atoms with Crippen molar-refractivity contribution >= 4 is 17.6 Å². The summed E-state index contributed by atoms with van der Waals surface area (Å²) in [6.45, 7) is 4.52. The number of amides is 1. The van der Waals surface area contributed by atoms with Gasteiger partial charge in [0.2, 0.25) is 5.95 Å². The molecule has 1 aliphatic carbocycles. The average Bonchev–Trinajstić information content (AvgIpc) is 3.00. The molecular weight excluding hydrogens is 318 g/mol. The maximum absolute atomic E-state index is 12.9. The molecule has 7 nitrogen and oxygen atoms in total. The van der Waals surface area contributed by atoms with Crippen LogP contribution in [0.4, 0.5) is 5.95 Å². The van der Waals surface area contributed by atoms with E-state index in [2.05, 4.69) is 19.9 Å². The van der Waals surface area contributed by atoms with Gasteiger partial charge < -0.3 is 14.8 Å². The van der Waals surface area contributed by atoms with E-state index in [-0.39, 0.29) is 11.7 Å². The third kappa shape index (κ3) is 2.79. The van der Waals surface area contributed by atoms with Crippen LogP contribution in [0.15, 0.2) is 18.5 Å². The molecule has 2 aliphatic rings. The van der Waals surface area contributed by atoms with Gasteiger partial charge in [-0.05, 0) is 31.4 Å². The lowest BCUT2D eigenvalue weighted by molar-refractivity contribution is 0.0740. The molecule has 4 rings (SSSR count). The first kappa shape index (κ1) is 15.8. The first-order chi connectivity index (χ1) is 12.1. The smallest absolute Gasteiger partial charge is 0.270 e. The standard InChI is InChI=1S/C18H21N5O2/c1-12-15-13(4-2-5-14(15)24)21-16(12)17(25)22-8-10-23(11-9-22)18-19-6-3-7-20-18/h3,6-7,21H,2,4-5,8-11H2,1H3. The number of nitrogens with one attached hydrogen (secondary N) is 1. The number of aromatic nitrogens is 3. The molecule has 130 valence electrons. The molecule has 0 unspecified atom stereocenters. The van der Waals surface area contributed by atoms with E-state index in [0.717, 1.165) is 29.7 Å². The Morgan fingerprint density at radius 1 is 1.12 bits per heavy atom. The molecule has 25 heavy (non-hydrogen) atoms. The van der Waals surface area contributed by atoms with Crippen LogP contribution in [0.25, 0.3) is 0 Å². The summed E-state index contributed by atoms with van der Waals surface area (Å²) in [6, 6.07) is 1.79. The molecule has 2 aromatic heterocycles. The molecule has 1 fully saturated rings. The minimum Gasteiger partial charge on any atom is -0.354 e. The Labute approximate surface area is 146 Å². The summed E-state index contributed by atoms with van der Waals surface area (Å²) in [6.07, 6.45) is 5.73. The molecule has 1 amide bonds. The highest BCUT2D eigenvalue weighted by atomic mass is 16.2. The van der Waals surface area contributed by atoms with Crippen molar-refractivity contribution in [3.05, 3.63) is 41.0 Å². The van der Waals surface area contributed by atoms with Gasteiger partial charge in [-0.2, -0.15) is 0 Å². The normalized spacial score (nSPS) is 17.6. The Kier molecular flexibility index (Phi) is 3.99. The molecule has 3 heterocycles. The van der Waals surface area contributed by atoms with E-state index in [4.69, 9.17) is 0 Å². The second kappa shape index (κ2) is 6.31. The van der Waals surface area contributed by atoms with E-state index in [0.29, 0.717) is 44.2 Å². The molecule has 0 bridgehead atoms. The topological polar surface area (TPSA) is 82.2 Å². The molecule has 0 atom stereocenters. The van der Waals surface area contributed by atoms with Gasteiger partial charge in [0.1, 0.15) is 5.69 Å². The van der Waals surface area contributed by atoms with Crippen molar-refractivity contribution in [2.24, 2.45) is 0 Å². The summed E-state index contributed by atoms with van der Waals surface area (Å²) in [5.74, 6) is 0.833. The molecule has 1 saturated heterocycles. The van der Waals surface area contributed by atoms with Gasteiger partial charge in [-0.1, -0.05) is 0 Å². The van der Waals surface area contributed by atoms with E-state index in [1.807, 2.05) is 11.8 Å². The summed E-state index contributed by atoms with van der Waals surface area (Å²) in [7, 11) is 0. The van der Waals surface area contributed by atoms with Crippen molar-refractivity contribution in [3.63, 3.8) is 0 Å². The van der Waals surface area contributed by atoms with Gasteiger partial charge in [-0.3, -0.25) is 9.59 Å². The van der Waals surface area contributed by atoms with E-state index < -0.39 is 0 Å². The number of Topliss-reactive ketones (excluding diaryl/α,β-unsaturated/α-hetero) is 1. The molecular formula is C18H21N5O2. The van der Waals surface area contributed by atoms with Crippen molar-refractivity contribution in [1.29, 1.82) is 0 Å². The number of carbonyl (C=O) groups excluding carboxylic acids is 2. The highest BCUT2D eigenvalue weighted by molar-refractivity contribution is 6.04. The number of aryl methyl sites for hydroxylation is 1. The zero-order valence-electron chi connectivity index (χ0n) is 14.3.